The second kappa shape index (κ2) is 6.01. The molecule has 1 aromatic carbocycles. The Morgan fingerprint density at radius 3 is 2.64 bits per heavy atom. The van der Waals surface area contributed by atoms with E-state index in [0.29, 0.717) is 30.2 Å². The summed E-state index contributed by atoms with van der Waals surface area (Å²) >= 11 is 0. The highest BCUT2D eigenvalue weighted by atomic mass is 16.5. The van der Waals surface area contributed by atoms with Gasteiger partial charge in [-0.15, -0.1) is 0 Å². The van der Waals surface area contributed by atoms with Gasteiger partial charge in [0, 0.05) is 31.3 Å². The molecule has 1 aliphatic rings. The maximum atomic E-state index is 12.9. The molecule has 0 saturated carbocycles. The van der Waals surface area contributed by atoms with Crippen LogP contribution in [0.15, 0.2) is 30.7 Å². The van der Waals surface area contributed by atoms with Crippen LogP contribution in [0, 0.1) is 0 Å². The van der Waals surface area contributed by atoms with Crippen molar-refractivity contribution in [3.05, 3.63) is 47.5 Å². The minimum absolute atomic E-state index is 0.108. The Morgan fingerprint density at radius 2 is 1.95 bits per heavy atom. The summed E-state index contributed by atoms with van der Waals surface area (Å²) in [5.41, 5.74) is 2.44. The van der Waals surface area contributed by atoms with E-state index in [4.69, 9.17) is 9.47 Å². The number of methoxy groups -OCH3 is 2. The number of carbonyl (C=O) groups excluding carboxylic acids is 1. The number of fused-ring (bicyclic) bond motifs is 1. The Morgan fingerprint density at radius 1 is 1.23 bits per heavy atom. The first-order valence-corrected chi connectivity index (χ1v) is 7.02. The quantitative estimate of drug-likeness (QED) is 0.863. The third-order valence-corrected chi connectivity index (χ3v) is 3.79. The molecule has 0 fully saturated rings. The highest BCUT2D eigenvalue weighted by molar-refractivity contribution is 5.99. The summed E-state index contributed by atoms with van der Waals surface area (Å²) in [7, 11) is 3.09. The minimum Gasteiger partial charge on any atom is -0.496 e. The smallest absolute Gasteiger partial charge is 0.261 e. The lowest BCUT2D eigenvalue weighted by atomic mass is 10.1. The number of hydrogen-bond acceptors (Lipinski definition) is 5. The van der Waals surface area contributed by atoms with E-state index in [0.717, 1.165) is 17.7 Å². The predicted molar refractivity (Wildman–Crippen MR) is 80.0 cm³/mol. The summed E-state index contributed by atoms with van der Waals surface area (Å²) in [5, 5.41) is 0. The molecule has 6 heteroatoms. The fraction of sp³-hybridized carbons (Fsp3) is 0.312. The number of nitrogens with zero attached hydrogens (tertiary/aromatic N) is 3. The summed E-state index contributed by atoms with van der Waals surface area (Å²) < 4.78 is 10.6. The summed E-state index contributed by atoms with van der Waals surface area (Å²) in [4.78, 5) is 23.0. The molecule has 0 atom stereocenters. The van der Waals surface area contributed by atoms with E-state index in [1.54, 1.807) is 49.8 Å². The molecule has 0 aliphatic carbocycles. The largest absolute Gasteiger partial charge is 0.496 e. The van der Waals surface area contributed by atoms with Crippen molar-refractivity contribution in [2.45, 2.75) is 13.0 Å². The number of amides is 1. The molecule has 1 aromatic heterocycles. The first kappa shape index (κ1) is 14.3. The van der Waals surface area contributed by atoms with Crippen LogP contribution in [0.25, 0.3) is 0 Å². The molecular weight excluding hydrogens is 282 g/mol. The maximum absolute atomic E-state index is 12.9. The molecule has 0 saturated heterocycles. The Kier molecular flexibility index (Phi) is 3.91. The standard InChI is InChI=1S/C16H17N3O3/c1-21-13-4-3-5-14(22-2)15(13)16(20)19-7-6-12-11(9-19)8-17-10-18-12/h3-5,8,10H,6-7,9H2,1-2H3. The van der Waals surface area contributed by atoms with Crippen molar-refractivity contribution in [1.29, 1.82) is 0 Å². The molecule has 3 rings (SSSR count). The van der Waals surface area contributed by atoms with Crippen LogP contribution in [-0.2, 0) is 13.0 Å². The van der Waals surface area contributed by atoms with Gasteiger partial charge in [0.25, 0.3) is 5.91 Å². The maximum Gasteiger partial charge on any atom is 0.261 e. The van der Waals surface area contributed by atoms with E-state index in [1.807, 2.05) is 0 Å². The van der Waals surface area contributed by atoms with E-state index in [2.05, 4.69) is 9.97 Å². The summed E-state index contributed by atoms with van der Waals surface area (Å²) in [6.45, 7) is 1.11. The first-order valence-electron chi connectivity index (χ1n) is 7.02. The van der Waals surface area contributed by atoms with Crippen LogP contribution in [0.4, 0.5) is 0 Å². The third-order valence-electron chi connectivity index (χ3n) is 3.79. The molecule has 0 N–H and O–H groups in total. The fourth-order valence-corrected chi connectivity index (χ4v) is 2.66. The van der Waals surface area contributed by atoms with Crippen molar-refractivity contribution >= 4 is 5.91 Å². The topological polar surface area (TPSA) is 64.6 Å². The van der Waals surface area contributed by atoms with E-state index >= 15 is 0 Å². The zero-order valence-electron chi connectivity index (χ0n) is 12.6. The molecule has 114 valence electrons. The van der Waals surface area contributed by atoms with Crippen molar-refractivity contribution < 1.29 is 14.3 Å². The van der Waals surface area contributed by atoms with Gasteiger partial charge in [-0.05, 0) is 12.1 Å². The molecule has 2 aromatic rings. The van der Waals surface area contributed by atoms with Crippen molar-refractivity contribution in [3.8, 4) is 11.5 Å². The lowest BCUT2D eigenvalue weighted by Crippen LogP contribution is -2.36. The third kappa shape index (κ3) is 2.47. The fourth-order valence-electron chi connectivity index (χ4n) is 2.66. The first-order chi connectivity index (χ1) is 10.7. The van der Waals surface area contributed by atoms with Crippen molar-refractivity contribution in [2.24, 2.45) is 0 Å². The molecule has 6 nitrogen and oxygen atoms in total. The number of hydrogen-bond donors (Lipinski definition) is 0. The molecule has 1 aliphatic heterocycles. The van der Waals surface area contributed by atoms with Gasteiger partial charge in [-0.1, -0.05) is 6.07 Å². The molecule has 0 unspecified atom stereocenters. The zero-order chi connectivity index (χ0) is 15.5. The second-order valence-electron chi connectivity index (χ2n) is 5.01. The number of carbonyl (C=O) groups is 1. The molecule has 0 bridgehead atoms. The van der Waals surface area contributed by atoms with Crippen molar-refractivity contribution in [2.75, 3.05) is 20.8 Å². The van der Waals surface area contributed by atoms with E-state index in [9.17, 15) is 4.79 Å². The average molecular weight is 299 g/mol. The normalized spacial score (nSPS) is 13.5. The van der Waals surface area contributed by atoms with Crippen LogP contribution in [-0.4, -0.2) is 41.5 Å². The lowest BCUT2D eigenvalue weighted by molar-refractivity contribution is 0.0726. The van der Waals surface area contributed by atoms with Crippen LogP contribution >= 0.6 is 0 Å². The van der Waals surface area contributed by atoms with E-state index < -0.39 is 0 Å². The van der Waals surface area contributed by atoms with Gasteiger partial charge in [0.05, 0.1) is 19.9 Å². The van der Waals surface area contributed by atoms with Crippen LogP contribution in [0.1, 0.15) is 21.6 Å². The molecule has 1 amide bonds. The van der Waals surface area contributed by atoms with Crippen LogP contribution < -0.4 is 9.47 Å². The Bertz CT molecular complexity index is 681. The summed E-state index contributed by atoms with van der Waals surface area (Å²) in [6, 6.07) is 5.32. The molecule has 0 spiro atoms. The van der Waals surface area contributed by atoms with Crippen molar-refractivity contribution in [3.63, 3.8) is 0 Å². The second-order valence-corrected chi connectivity index (χ2v) is 5.01. The van der Waals surface area contributed by atoms with Crippen LogP contribution in [0.3, 0.4) is 0 Å². The van der Waals surface area contributed by atoms with Crippen LogP contribution in [0.2, 0.25) is 0 Å². The highest BCUT2D eigenvalue weighted by Crippen LogP contribution is 2.30. The predicted octanol–water partition coefficient (Wildman–Crippen LogP) is 1.69. The van der Waals surface area contributed by atoms with Gasteiger partial charge in [-0.25, -0.2) is 9.97 Å². The monoisotopic (exact) mass is 299 g/mol. The van der Waals surface area contributed by atoms with Crippen LogP contribution in [0.5, 0.6) is 11.5 Å². The molecule has 2 heterocycles. The van der Waals surface area contributed by atoms with E-state index in [-0.39, 0.29) is 5.91 Å². The lowest BCUT2D eigenvalue weighted by Gasteiger charge is -2.28. The highest BCUT2D eigenvalue weighted by Gasteiger charge is 2.27. The number of ether oxygens (including phenoxy) is 2. The zero-order valence-corrected chi connectivity index (χ0v) is 12.6. The Balaban J connectivity index is 1.93. The van der Waals surface area contributed by atoms with Gasteiger partial charge < -0.3 is 14.4 Å². The Hall–Kier alpha value is -2.63. The molecule has 22 heavy (non-hydrogen) atoms. The Labute approximate surface area is 128 Å². The SMILES string of the molecule is COc1cccc(OC)c1C(=O)N1CCc2ncncc2C1. The van der Waals surface area contributed by atoms with E-state index in [1.165, 1.54) is 0 Å². The van der Waals surface area contributed by atoms with Gasteiger partial charge in [-0.2, -0.15) is 0 Å². The van der Waals surface area contributed by atoms with Gasteiger partial charge in [0.1, 0.15) is 23.4 Å². The van der Waals surface area contributed by atoms with Gasteiger partial charge >= 0.3 is 0 Å². The molecule has 0 radical (unpaired) electrons. The van der Waals surface area contributed by atoms with Gasteiger partial charge in [0.2, 0.25) is 0 Å². The summed E-state index contributed by atoms with van der Waals surface area (Å²) in [5.74, 6) is 0.919. The van der Waals surface area contributed by atoms with Gasteiger partial charge in [-0.3, -0.25) is 4.79 Å². The average Bonchev–Trinajstić information content (AvgIpc) is 2.59. The molecular formula is C16H17N3O3. The number of aromatic nitrogens is 2. The van der Waals surface area contributed by atoms with Gasteiger partial charge in [0.15, 0.2) is 0 Å². The summed E-state index contributed by atoms with van der Waals surface area (Å²) in [6.07, 6.45) is 4.03. The number of rotatable bonds is 3. The minimum atomic E-state index is -0.108. The number of benzene rings is 1. The van der Waals surface area contributed by atoms with Crippen molar-refractivity contribution in [1.82, 2.24) is 14.9 Å².